The number of aromatic nitrogens is 4. The average molecular weight is 403 g/mol. The summed E-state index contributed by atoms with van der Waals surface area (Å²) in [6.45, 7) is 0. The Balaban J connectivity index is 1.53. The number of aryl methyl sites for hydroxylation is 2. The Morgan fingerprint density at radius 3 is 2.76 bits per heavy atom. The van der Waals surface area contributed by atoms with Crippen LogP contribution in [0.3, 0.4) is 0 Å². The van der Waals surface area contributed by atoms with Crippen molar-refractivity contribution in [3.63, 3.8) is 0 Å². The van der Waals surface area contributed by atoms with Crippen LogP contribution in [-0.4, -0.2) is 20.1 Å². The number of H-pyrrole nitrogens is 2. The van der Waals surface area contributed by atoms with Crippen molar-refractivity contribution in [1.82, 2.24) is 20.1 Å². The molecule has 4 aromatic rings. The number of rotatable bonds is 4. The Bertz CT molecular complexity index is 1120. The Morgan fingerprint density at radius 2 is 1.92 bits per heavy atom. The van der Waals surface area contributed by atoms with Crippen molar-refractivity contribution in [3.8, 4) is 11.4 Å². The van der Waals surface area contributed by atoms with Crippen molar-refractivity contribution < 1.29 is 8.91 Å². The fourth-order valence-corrected chi connectivity index (χ4v) is 2.94. The fourth-order valence-electron chi connectivity index (χ4n) is 2.61. The van der Waals surface area contributed by atoms with E-state index >= 15 is 0 Å². The van der Waals surface area contributed by atoms with Crippen molar-refractivity contribution in [1.29, 1.82) is 0 Å². The van der Waals surface area contributed by atoms with Gasteiger partial charge in [-0.15, -0.1) is 0 Å². The third-order valence-electron chi connectivity index (χ3n) is 3.87. The SMILES string of the molecule is O=c1[nH]c2ccc(-c3noc(CCc4ccc(Br)cc4F)n3)cc2[nH]1. The zero-order valence-electron chi connectivity index (χ0n) is 12.8. The van der Waals surface area contributed by atoms with Crippen LogP contribution < -0.4 is 5.69 Å². The van der Waals surface area contributed by atoms with E-state index in [-0.39, 0.29) is 11.5 Å². The summed E-state index contributed by atoms with van der Waals surface area (Å²) in [6, 6.07) is 10.3. The predicted octanol–water partition coefficient (Wildman–Crippen LogP) is 3.59. The molecule has 0 aliphatic rings. The number of nitrogens with zero attached hydrogens (tertiary/aromatic N) is 2. The molecule has 2 aromatic carbocycles. The minimum Gasteiger partial charge on any atom is -0.339 e. The summed E-state index contributed by atoms with van der Waals surface area (Å²) in [5, 5.41) is 3.96. The van der Waals surface area contributed by atoms with E-state index in [0.29, 0.717) is 45.6 Å². The zero-order chi connectivity index (χ0) is 17.4. The first-order valence-corrected chi connectivity index (χ1v) is 8.37. The summed E-state index contributed by atoms with van der Waals surface area (Å²) in [4.78, 5) is 21.0. The summed E-state index contributed by atoms with van der Waals surface area (Å²) in [7, 11) is 0. The first kappa shape index (κ1) is 15.8. The van der Waals surface area contributed by atoms with Gasteiger partial charge in [0.15, 0.2) is 0 Å². The van der Waals surface area contributed by atoms with Crippen LogP contribution in [0.5, 0.6) is 0 Å². The van der Waals surface area contributed by atoms with Crippen LogP contribution in [0.15, 0.2) is 50.2 Å². The van der Waals surface area contributed by atoms with Crippen LogP contribution in [0.2, 0.25) is 0 Å². The van der Waals surface area contributed by atoms with Gasteiger partial charge in [0.25, 0.3) is 0 Å². The third kappa shape index (κ3) is 3.25. The first-order chi connectivity index (χ1) is 12.1. The average Bonchev–Trinajstić information content (AvgIpc) is 3.18. The molecular formula is C17H12BrFN4O2. The highest BCUT2D eigenvalue weighted by atomic mass is 79.9. The second kappa shape index (κ2) is 6.29. The van der Waals surface area contributed by atoms with Gasteiger partial charge in [-0.25, -0.2) is 9.18 Å². The molecule has 0 aliphatic carbocycles. The molecule has 0 atom stereocenters. The van der Waals surface area contributed by atoms with Gasteiger partial charge in [-0.2, -0.15) is 4.98 Å². The molecule has 0 radical (unpaired) electrons. The van der Waals surface area contributed by atoms with Crippen molar-refractivity contribution in [2.75, 3.05) is 0 Å². The van der Waals surface area contributed by atoms with Gasteiger partial charge in [-0.05, 0) is 42.3 Å². The van der Waals surface area contributed by atoms with Gasteiger partial charge in [0.2, 0.25) is 11.7 Å². The molecule has 8 heteroatoms. The van der Waals surface area contributed by atoms with Crippen molar-refractivity contribution >= 4 is 27.0 Å². The van der Waals surface area contributed by atoms with Crippen molar-refractivity contribution in [3.05, 3.63) is 68.6 Å². The van der Waals surface area contributed by atoms with Gasteiger partial charge in [-0.1, -0.05) is 27.2 Å². The molecule has 0 saturated heterocycles. The van der Waals surface area contributed by atoms with E-state index in [4.69, 9.17) is 4.52 Å². The fraction of sp³-hybridized carbons (Fsp3) is 0.118. The maximum atomic E-state index is 13.8. The number of fused-ring (bicyclic) bond motifs is 1. The number of nitrogens with one attached hydrogen (secondary N) is 2. The lowest BCUT2D eigenvalue weighted by Crippen LogP contribution is -1.99. The van der Waals surface area contributed by atoms with Crippen molar-refractivity contribution in [2.24, 2.45) is 0 Å². The summed E-state index contributed by atoms with van der Waals surface area (Å²) < 4.78 is 19.8. The van der Waals surface area contributed by atoms with Gasteiger partial charge in [-0.3, -0.25) is 0 Å². The lowest BCUT2D eigenvalue weighted by atomic mass is 10.1. The van der Waals surface area contributed by atoms with E-state index in [2.05, 4.69) is 36.0 Å². The smallest absolute Gasteiger partial charge is 0.323 e. The highest BCUT2D eigenvalue weighted by Gasteiger charge is 2.11. The van der Waals surface area contributed by atoms with Gasteiger partial charge < -0.3 is 14.5 Å². The van der Waals surface area contributed by atoms with Crippen LogP contribution in [-0.2, 0) is 12.8 Å². The van der Waals surface area contributed by atoms with Gasteiger partial charge in [0, 0.05) is 16.5 Å². The van der Waals surface area contributed by atoms with Gasteiger partial charge >= 0.3 is 5.69 Å². The van der Waals surface area contributed by atoms with Crippen LogP contribution in [0, 0.1) is 5.82 Å². The van der Waals surface area contributed by atoms with E-state index in [1.165, 1.54) is 6.07 Å². The van der Waals surface area contributed by atoms with Crippen LogP contribution in [0.4, 0.5) is 4.39 Å². The van der Waals surface area contributed by atoms with Crippen LogP contribution in [0.1, 0.15) is 11.5 Å². The summed E-state index contributed by atoms with van der Waals surface area (Å²) in [5.41, 5.74) is 2.44. The molecule has 0 bridgehead atoms. The molecular weight excluding hydrogens is 391 g/mol. The van der Waals surface area contributed by atoms with Crippen LogP contribution >= 0.6 is 15.9 Å². The molecule has 0 spiro atoms. The quantitative estimate of drug-likeness (QED) is 0.545. The van der Waals surface area contributed by atoms with Gasteiger partial charge in [0.1, 0.15) is 5.82 Å². The Morgan fingerprint density at radius 1 is 1.08 bits per heavy atom. The lowest BCUT2D eigenvalue weighted by molar-refractivity contribution is 0.378. The third-order valence-corrected chi connectivity index (χ3v) is 4.36. The molecule has 4 rings (SSSR count). The molecule has 2 aromatic heterocycles. The highest BCUT2D eigenvalue weighted by Crippen LogP contribution is 2.21. The second-order valence-corrected chi connectivity index (χ2v) is 6.50. The molecule has 126 valence electrons. The minimum atomic E-state index is -0.268. The molecule has 2 heterocycles. The molecule has 0 aliphatic heterocycles. The standard InChI is InChI=1S/C17H12BrFN4O2/c18-11-4-1-9(12(19)8-11)3-6-15-22-16(23-25-15)10-2-5-13-14(7-10)21-17(24)20-13/h1-2,4-5,7-8H,3,6H2,(H2,20,21,24). The Hall–Kier alpha value is -2.74. The minimum absolute atomic E-state index is 0.266. The first-order valence-electron chi connectivity index (χ1n) is 7.57. The zero-order valence-corrected chi connectivity index (χ0v) is 14.4. The maximum absolute atomic E-state index is 13.8. The molecule has 0 saturated carbocycles. The maximum Gasteiger partial charge on any atom is 0.323 e. The van der Waals surface area contributed by atoms with E-state index in [1.807, 2.05) is 0 Å². The largest absolute Gasteiger partial charge is 0.339 e. The summed E-state index contributed by atoms with van der Waals surface area (Å²) >= 11 is 3.23. The molecule has 0 unspecified atom stereocenters. The normalized spacial score (nSPS) is 11.3. The second-order valence-electron chi connectivity index (χ2n) is 5.59. The van der Waals surface area contributed by atoms with E-state index in [9.17, 15) is 9.18 Å². The van der Waals surface area contributed by atoms with Crippen molar-refractivity contribution in [2.45, 2.75) is 12.8 Å². The van der Waals surface area contributed by atoms with E-state index < -0.39 is 0 Å². The number of benzene rings is 2. The van der Waals surface area contributed by atoms with Gasteiger partial charge in [0.05, 0.1) is 11.0 Å². The Labute approximate surface area is 149 Å². The number of aromatic amines is 2. The monoisotopic (exact) mass is 402 g/mol. The molecule has 6 nitrogen and oxygen atoms in total. The number of hydrogen-bond donors (Lipinski definition) is 2. The molecule has 2 N–H and O–H groups in total. The van der Waals surface area contributed by atoms with E-state index in [0.717, 1.165) is 5.56 Å². The van der Waals surface area contributed by atoms with Crippen LogP contribution in [0.25, 0.3) is 22.4 Å². The predicted molar refractivity (Wildman–Crippen MR) is 93.7 cm³/mol. The highest BCUT2D eigenvalue weighted by molar-refractivity contribution is 9.10. The summed E-state index contributed by atoms with van der Waals surface area (Å²) in [5.74, 6) is 0.589. The molecule has 25 heavy (non-hydrogen) atoms. The van der Waals surface area contributed by atoms with E-state index in [1.54, 1.807) is 30.3 Å². The number of halogens is 2. The number of hydrogen-bond acceptors (Lipinski definition) is 4. The Kier molecular flexibility index (Phi) is 3.96. The molecule has 0 fully saturated rings. The number of imidazole rings is 1. The summed E-state index contributed by atoms with van der Waals surface area (Å²) in [6.07, 6.45) is 0.902. The lowest BCUT2D eigenvalue weighted by Gasteiger charge is -2.01. The molecule has 0 amide bonds. The topological polar surface area (TPSA) is 87.6 Å².